The largest absolute Gasteiger partial charge is 0.370 e. The van der Waals surface area contributed by atoms with Gasteiger partial charge in [-0.3, -0.25) is 4.79 Å². The Morgan fingerprint density at radius 2 is 1.93 bits per heavy atom. The van der Waals surface area contributed by atoms with Crippen molar-refractivity contribution in [2.45, 2.75) is 13.3 Å². The first-order valence-electron chi connectivity index (χ1n) is 9.98. The van der Waals surface area contributed by atoms with Crippen LogP contribution in [0.5, 0.6) is 0 Å². The first-order chi connectivity index (χ1) is 13.5. The highest BCUT2D eigenvalue weighted by Crippen LogP contribution is 2.19. The van der Waals surface area contributed by atoms with Gasteiger partial charge in [-0.2, -0.15) is 0 Å². The molecule has 6 nitrogen and oxygen atoms in total. The van der Waals surface area contributed by atoms with Gasteiger partial charge in [0.15, 0.2) is 0 Å². The Labute approximate surface area is 168 Å². The molecular weight excluding hydrogens is 350 g/mol. The molecule has 0 radical (unpaired) electrons. The van der Waals surface area contributed by atoms with Crippen LogP contribution in [0.3, 0.4) is 0 Å². The summed E-state index contributed by atoms with van der Waals surface area (Å²) in [6.45, 7) is 7.17. The summed E-state index contributed by atoms with van der Waals surface area (Å²) in [7, 11) is 4.13. The standard InChI is InChI=1S/C22H31N5O/c1-18-6-4-7-20(16-18)26-12-14-27(15-13-26)22(28)19-8-10-24-21(17-19)23-9-5-11-25(2)3/h4,6-8,10,16-17H,5,9,11-15H2,1-3H3,(H,23,24). The van der Waals surface area contributed by atoms with E-state index in [1.165, 1.54) is 11.3 Å². The summed E-state index contributed by atoms with van der Waals surface area (Å²) in [5.41, 5.74) is 3.20. The molecule has 0 spiro atoms. The number of nitrogens with zero attached hydrogens (tertiary/aromatic N) is 4. The molecule has 2 aromatic rings. The molecule has 1 aromatic carbocycles. The number of benzene rings is 1. The first kappa shape index (κ1) is 20.1. The fourth-order valence-electron chi connectivity index (χ4n) is 3.45. The highest BCUT2D eigenvalue weighted by molar-refractivity contribution is 5.95. The second kappa shape index (κ2) is 9.55. The van der Waals surface area contributed by atoms with Gasteiger partial charge in [-0.15, -0.1) is 0 Å². The van der Waals surface area contributed by atoms with Crippen LogP contribution in [0.25, 0.3) is 0 Å². The summed E-state index contributed by atoms with van der Waals surface area (Å²) in [5, 5.41) is 3.32. The van der Waals surface area contributed by atoms with Gasteiger partial charge in [-0.25, -0.2) is 4.98 Å². The quantitative estimate of drug-likeness (QED) is 0.748. The van der Waals surface area contributed by atoms with E-state index in [0.29, 0.717) is 5.56 Å². The summed E-state index contributed by atoms with van der Waals surface area (Å²) in [5.74, 6) is 0.852. The molecule has 1 fully saturated rings. The van der Waals surface area contributed by atoms with Crippen LogP contribution in [-0.2, 0) is 0 Å². The number of aromatic nitrogens is 1. The van der Waals surface area contributed by atoms with Gasteiger partial charge < -0.3 is 20.0 Å². The van der Waals surface area contributed by atoms with Crippen LogP contribution in [0, 0.1) is 6.92 Å². The molecule has 0 unspecified atom stereocenters. The molecule has 1 aromatic heterocycles. The maximum atomic E-state index is 12.9. The molecule has 1 N–H and O–H groups in total. The topological polar surface area (TPSA) is 51.7 Å². The molecular formula is C22H31N5O. The number of aryl methyl sites for hydroxylation is 1. The molecule has 2 heterocycles. The molecule has 1 aliphatic rings. The van der Waals surface area contributed by atoms with Crippen molar-refractivity contribution in [2.75, 3.05) is 63.6 Å². The lowest BCUT2D eigenvalue weighted by atomic mass is 10.1. The van der Waals surface area contributed by atoms with Crippen molar-refractivity contribution in [3.05, 3.63) is 53.7 Å². The third-order valence-corrected chi connectivity index (χ3v) is 5.03. The van der Waals surface area contributed by atoms with E-state index in [4.69, 9.17) is 0 Å². The zero-order valence-corrected chi connectivity index (χ0v) is 17.2. The van der Waals surface area contributed by atoms with Crippen molar-refractivity contribution in [2.24, 2.45) is 0 Å². The SMILES string of the molecule is Cc1cccc(N2CCN(C(=O)c3ccnc(NCCCN(C)C)c3)CC2)c1. The number of rotatable bonds is 7. The van der Waals surface area contributed by atoms with E-state index >= 15 is 0 Å². The average Bonchev–Trinajstić information content (AvgIpc) is 2.71. The number of piperazine rings is 1. The predicted molar refractivity (Wildman–Crippen MR) is 115 cm³/mol. The van der Waals surface area contributed by atoms with E-state index in [0.717, 1.165) is 51.5 Å². The summed E-state index contributed by atoms with van der Waals surface area (Å²) >= 11 is 0. The molecule has 28 heavy (non-hydrogen) atoms. The molecule has 1 saturated heterocycles. The van der Waals surface area contributed by atoms with Gasteiger partial charge in [0.05, 0.1) is 0 Å². The van der Waals surface area contributed by atoms with E-state index in [2.05, 4.69) is 65.4 Å². The number of nitrogens with one attached hydrogen (secondary N) is 1. The Morgan fingerprint density at radius 3 is 2.64 bits per heavy atom. The summed E-state index contributed by atoms with van der Waals surface area (Å²) in [6, 6.07) is 12.2. The van der Waals surface area contributed by atoms with Crippen LogP contribution in [0.2, 0.25) is 0 Å². The van der Waals surface area contributed by atoms with Gasteiger partial charge in [-0.1, -0.05) is 12.1 Å². The molecule has 0 bridgehead atoms. The third-order valence-electron chi connectivity index (χ3n) is 5.03. The predicted octanol–water partition coefficient (Wildman–Crippen LogP) is 2.72. The highest BCUT2D eigenvalue weighted by Gasteiger charge is 2.22. The Balaban J connectivity index is 1.54. The lowest BCUT2D eigenvalue weighted by molar-refractivity contribution is 0.0746. The van der Waals surface area contributed by atoms with E-state index in [1.54, 1.807) is 12.3 Å². The van der Waals surface area contributed by atoms with Crippen LogP contribution in [0.1, 0.15) is 22.3 Å². The lowest BCUT2D eigenvalue weighted by Gasteiger charge is -2.36. The Morgan fingerprint density at radius 1 is 1.14 bits per heavy atom. The van der Waals surface area contributed by atoms with Gasteiger partial charge in [0.2, 0.25) is 0 Å². The van der Waals surface area contributed by atoms with E-state index in [-0.39, 0.29) is 5.91 Å². The Kier molecular flexibility index (Phi) is 6.87. The fourth-order valence-corrected chi connectivity index (χ4v) is 3.45. The summed E-state index contributed by atoms with van der Waals surface area (Å²) < 4.78 is 0. The molecule has 0 atom stereocenters. The van der Waals surface area contributed by atoms with Crippen molar-refractivity contribution in [3.63, 3.8) is 0 Å². The number of carbonyl (C=O) groups is 1. The zero-order valence-electron chi connectivity index (χ0n) is 17.2. The van der Waals surface area contributed by atoms with Crippen molar-refractivity contribution < 1.29 is 4.79 Å². The molecule has 150 valence electrons. The average molecular weight is 382 g/mol. The van der Waals surface area contributed by atoms with Crippen LogP contribution in [0.4, 0.5) is 11.5 Å². The minimum atomic E-state index is 0.0858. The number of hydrogen-bond acceptors (Lipinski definition) is 5. The summed E-state index contributed by atoms with van der Waals surface area (Å²) in [4.78, 5) is 23.7. The van der Waals surface area contributed by atoms with E-state index < -0.39 is 0 Å². The number of carbonyl (C=O) groups excluding carboxylic acids is 1. The molecule has 0 saturated carbocycles. The van der Waals surface area contributed by atoms with Crippen molar-refractivity contribution >= 4 is 17.4 Å². The molecule has 3 rings (SSSR count). The first-order valence-corrected chi connectivity index (χ1v) is 9.98. The summed E-state index contributed by atoms with van der Waals surface area (Å²) in [6.07, 6.45) is 2.75. The van der Waals surface area contributed by atoms with Crippen LogP contribution >= 0.6 is 0 Å². The maximum absolute atomic E-state index is 12.9. The molecule has 1 amide bonds. The minimum Gasteiger partial charge on any atom is -0.370 e. The monoisotopic (exact) mass is 381 g/mol. The number of amides is 1. The van der Waals surface area contributed by atoms with Gasteiger partial charge in [0.1, 0.15) is 5.82 Å². The molecule has 6 heteroatoms. The Hall–Kier alpha value is -2.60. The fraction of sp³-hybridized carbons (Fsp3) is 0.455. The number of anilines is 2. The minimum absolute atomic E-state index is 0.0858. The normalized spacial score (nSPS) is 14.4. The van der Waals surface area contributed by atoms with Crippen LogP contribution in [-0.4, -0.2) is 74.1 Å². The zero-order chi connectivity index (χ0) is 19.9. The molecule has 1 aliphatic heterocycles. The second-order valence-electron chi connectivity index (χ2n) is 7.63. The van der Waals surface area contributed by atoms with E-state index in [1.807, 2.05) is 11.0 Å². The lowest BCUT2D eigenvalue weighted by Crippen LogP contribution is -2.48. The Bertz CT molecular complexity index is 784. The van der Waals surface area contributed by atoms with Gasteiger partial charge in [0.25, 0.3) is 5.91 Å². The highest BCUT2D eigenvalue weighted by atomic mass is 16.2. The number of pyridine rings is 1. The van der Waals surface area contributed by atoms with Gasteiger partial charge in [0, 0.05) is 50.2 Å². The van der Waals surface area contributed by atoms with Gasteiger partial charge in [-0.05, 0) is 63.8 Å². The van der Waals surface area contributed by atoms with Crippen LogP contribution in [0.15, 0.2) is 42.6 Å². The van der Waals surface area contributed by atoms with Gasteiger partial charge >= 0.3 is 0 Å². The van der Waals surface area contributed by atoms with Crippen molar-refractivity contribution in [1.82, 2.24) is 14.8 Å². The smallest absolute Gasteiger partial charge is 0.254 e. The van der Waals surface area contributed by atoms with E-state index in [9.17, 15) is 4.79 Å². The van der Waals surface area contributed by atoms with Crippen molar-refractivity contribution in [1.29, 1.82) is 0 Å². The number of hydrogen-bond donors (Lipinski definition) is 1. The third kappa shape index (κ3) is 5.45. The second-order valence-corrected chi connectivity index (χ2v) is 7.63. The van der Waals surface area contributed by atoms with Crippen LogP contribution < -0.4 is 10.2 Å². The van der Waals surface area contributed by atoms with Crippen molar-refractivity contribution in [3.8, 4) is 0 Å². The maximum Gasteiger partial charge on any atom is 0.254 e. The molecule has 0 aliphatic carbocycles.